The van der Waals surface area contributed by atoms with E-state index in [-0.39, 0.29) is 0 Å². The topological polar surface area (TPSA) is 55.4 Å². The number of para-hydroxylation sites is 3. The second-order valence-corrected chi connectivity index (χ2v) is 5.50. The van der Waals surface area contributed by atoms with Crippen LogP contribution in [0.1, 0.15) is 0 Å². The van der Waals surface area contributed by atoms with Crippen LogP contribution in [-0.2, 0) is 14.2 Å². The van der Waals surface area contributed by atoms with E-state index in [2.05, 4.69) is 0 Å². The molecule has 0 heterocycles. The van der Waals surface area contributed by atoms with Crippen molar-refractivity contribution in [1.82, 2.24) is 0 Å². The predicted octanol–water partition coefficient (Wildman–Crippen LogP) is 3.20. The first kappa shape index (κ1) is 21.0. The normalized spacial score (nSPS) is 10.6. The molecule has 0 radical (unpaired) electrons. The molecule has 0 spiro atoms. The van der Waals surface area contributed by atoms with Gasteiger partial charge in [0.05, 0.1) is 46.8 Å². The lowest BCUT2D eigenvalue weighted by Crippen LogP contribution is -2.14. The van der Waals surface area contributed by atoms with Crippen LogP contribution in [0.5, 0.6) is 17.2 Å². The molecular formula is C21H28O6. The summed E-state index contributed by atoms with van der Waals surface area (Å²) in [7, 11) is 1.62. The van der Waals surface area contributed by atoms with E-state index in [4.69, 9.17) is 28.4 Å². The Morgan fingerprint density at radius 1 is 0.519 bits per heavy atom. The van der Waals surface area contributed by atoms with Crippen molar-refractivity contribution in [2.45, 2.75) is 0 Å². The molecule has 2 aromatic carbocycles. The summed E-state index contributed by atoms with van der Waals surface area (Å²) in [5.74, 6) is 2.28. The lowest BCUT2D eigenvalue weighted by Gasteiger charge is -2.10. The van der Waals surface area contributed by atoms with Gasteiger partial charge >= 0.3 is 0 Å². The van der Waals surface area contributed by atoms with Crippen molar-refractivity contribution in [2.24, 2.45) is 0 Å². The van der Waals surface area contributed by atoms with E-state index < -0.39 is 0 Å². The van der Waals surface area contributed by atoms with E-state index >= 15 is 0 Å². The van der Waals surface area contributed by atoms with Crippen molar-refractivity contribution in [3.05, 3.63) is 54.6 Å². The van der Waals surface area contributed by atoms with Gasteiger partial charge in [-0.25, -0.2) is 0 Å². The lowest BCUT2D eigenvalue weighted by atomic mass is 10.3. The number of rotatable bonds is 15. The molecule has 148 valence electrons. The zero-order chi connectivity index (χ0) is 19.0. The van der Waals surface area contributed by atoms with Crippen molar-refractivity contribution in [3.8, 4) is 17.2 Å². The smallest absolute Gasteiger partial charge is 0.161 e. The number of hydrogen-bond donors (Lipinski definition) is 0. The van der Waals surface area contributed by atoms with Gasteiger partial charge in [0, 0.05) is 0 Å². The minimum atomic E-state index is 0.463. The minimum absolute atomic E-state index is 0.463. The van der Waals surface area contributed by atoms with E-state index in [9.17, 15) is 0 Å². The van der Waals surface area contributed by atoms with Gasteiger partial charge in [0.15, 0.2) is 11.5 Å². The summed E-state index contributed by atoms with van der Waals surface area (Å²) in [6, 6.07) is 17.2. The summed E-state index contributed by atoms with van der Waals surface area (Å²) in [5, 5.41) is 0. The maximum absolute atomic E-state index is 5.62. The molecule has 6 nitrogen and oxygen atoms in total. The third kappa shape index (κ3) is 9.28. The van der Waals surface area contributed by atoms with Gasteiger partial charge < -0.3 is 28.4 Å². The Kier molecular flexibility index (Phi) is 10.8. The Balaban J connectivity index is 1.35. The zero-order valence-corrected chi connectivity index (χ0v) is 15.8. The zero-order valence-electron chi connectivity index (χ0n) is 15.8. The van der Waals surface area contributed by atoms with Crippen LogP contribution >= 0.6 is 0 Å². The highest BCUT2D eigenvalue weighted by Crippen LogP contribution is 2.25. The van der Waals surface area contributed by atoms with E-state index in [0.717, 1.165) is 11.5 Å². The highest BCUT2D eigenvalue weighted by Gasteiger charge is 2.01. The van der Waals surface area contributed by atoms with Crippen molar-refractivity contribution < 1.29 is 28.4 Å². The first-order valence-electron chi connectivity index (χ1n) is 9.07. The van der Waals surface area contributed by atoms with Crippen LogP contribution in [0, 0.1) is 0 Å². The van der Waals surface area contributed by atoms with Gasteiger partial charge in [-0.05, 0) is 24.3 Å². The Morgan fingerprint density at radius 3 is 1.59 bits per heavy atom. The summed E-state index contributed by atoms with van der Waals surface area (Å²) in [6.45, 7) is 4.14. The first-order chi connectivity index (χ1) is 13.4. The molecule has 0 saturated heterocycles. The second kappa shape index (κ2) is 13.9. The molecule has 2 aromatic rings. The molecule has 0 bridgehead atoms. The van der Waals surface area contributed by atoms with Crippen molar-refractivity contribution in [2.75, 3.05) is 60.0 Å². The van der Waals surface area contributed by atoms with Gasteiger partial charge in [-0.1, -0.05) is 30.3 Å². The molecule has 0 N–H and O–H groups in total. The van der Waals surface area contributed by atoms with Crippen LogP contribution in [-0.4, -0.2) is 60.0 Å². The predicted molar refractivity (Wildman–Crippen MR) is 103 cm³/mol. The van der Waals surface area contributed by atoms with Crippen molar-refractivity contribution >= 4 is 0 Å². The van der Waals surface area contributed by atoms with Crippen molar-refractivity contribution in [3.63, 3.8) is 0 Å². The largest absolute Gasteiger partial charge is 0.493 e. The molecule has 27 heavy (non-hydrogen) atoms. The maximum atomic E-state index is 5.62. The quantitative estimate of drug-likeness (QED) is 0.445. The fourth-order valence-electron chi connectivity index (χ4n) is 2.23. The minimum Gasteiger partial charge on any atom is -0.493 e. The van der Waals surface area contributed by atoms with Crippen LogP contribution in [0.2, 0.25) is 0 Å². The summed E-state index contributed by atoms with van der Waals surface area (Å²) in [4.78, 5) is 0. The third-order valence-corrected chi connectivity index (χ3v) is 3.54. The molecule has 0 atom stereocenters. The number of methoxy groups -OCH3 is 1. The van der Waals surface area contributed by atoms with E-state index in [1.807, 2.05) is 54.6 Å². The van der Waals surface area contributed by atoms with Crippen LogP contribution < -0.4 is 14.2 Å². The second-order valence-electron chi connectivity index (χ2n) is 5.50. The van der Waals surface area contributed by atoms with Gasteiger partial charge in [0.25, 0.3) is 0 Å². The maximum Gasteiger partial charge on any atom is 0.161 e. The van der Waals surface area contributed by atoms with Gasteiger partial charge in [0.1, 0.15) is 19.0 Å². The summed E-state index contributed by atoms with van der Waals surface area (Å²) in [5.41, 5.74) is 0. The molecule has 0 aliphatic carbocycles. The van der Waals surface area contributed by atoms with Gasteiger partial charge in [0.2, 0.25) is 0 Å². The molecule has 0 aromatic heterocycles. The molecule has 0 fully saturated rings. The Morgan fingerprint density at radius 2 is 1.00 bits per heavy atom. The molecule has 2 rings (SSSR count). The summed E-state index contributed by atoms with van der Waals surface area (Å²) >= 11 is 0. The van der Waals surface area contributed by atoms with E-state index in [0.29, 0.717) is 58.6 Å². The average Bonchev–Trinajstić information content (AvgIpc) is 2.72. The summed E-state index contributed by atoms with van der Waals surface area (Å²) in [6.07, 6.45) is 0. The fourth-order valence-corrected chi connectivity index (χ4v) is 2.23. The van der Waals surface area contributed by atoms with Gasteiger partial charge in [-0.2, -0.15) is 0 Å². The summed E-state index contributed by atoms with van der Waals surface area (Å²) < 4.78 is 32.7. The average molecular weight is 376 g/mol. The van der Waals surface area contributed by atoms with E-state index in [1.165, 1.54) is 0 Å². The van der Waals surface area contributed by atoms with Crippen LogP contribution in [0.3, 0.4) is 0 Å². The highest BCUT2D eigenvalue weighted by atomic mass is 16.6. The molecule has 0 aliphatic heterocycles. The fraction of sp³-hybridized carbons (Fsp3) is 0.429. The van der Waals surface area contributed by atoms with Crippen molar-refractivity contribution in [1.29, 1.82) is 0 Å². The molecule has 0 unspecified atom stereocenters. The Labute approximate surface area is 160 Å². The standard InChI is InChI=1S/C21H28O6/c1-22-20-9-5-6-10-21(20)27-18-16-25-14-12-23-11-13-24-15-17-26-19-7-3-2-4-8-19/h2-10H,11-18H2,1H3. The number of hydrogen-bond acceptors (Lipinski definition) is 6. The first-order valence-corrected chi connectivity index (χ1v) is 9.07. The number of ether oxygens (including phenoxy) is 6. The van der Waals surface area contributed by atoms with Crippen LogP contribution in [0.15, 0.2) is 54.6 Å². The van der Waals surface area contributed by atoms with Crippen LogP contribution in [0.25, 0.3) is 0 Å². The third-order valence-electron chi connectivity index (χ3n) is 3.54. The monoisotopic (exact) mass is 376 g/mol. The molecule has 0 amide bonds. The molecular weight excluding hydrogens is 348 g/mol. The van der Waals surface area contributed by atoms with Gasteiger partial charge in [-0.3, -0.25) is 0 Å². The molecule has 0 saturated carbocycles. The Hall–Kier alpha value is -2.28. The Bertz CT molecular complexity index is 605. The lowest BCUT2D eigenvalue weighted by molar-refractivity contribution is 0.00489. The SMILES string of the molecule is COc1ccccc1OCCOCCOCCOCCOc1ccccc1. The number of benzene rings is 2. The van der Waals surface area contributed by atoms with Gasteiger partial charge in [-0.15, -0.1) is 0 Å². The molecule has 6 heteroatoms. The molecule has 0 aliphatic rings. The van der Waals surface area contributed by atoms with Crippen LogP contribution in [0.4, 0.5) is 0 Å². The highest BCUT2D eigenvalue weighted by molar-refractivity contribution is 5.39. The van der Waals surface area contributed by atoms with E-state index in [1.54, 1.807) is 7.11 Å².